The molecule has 8 heteroatoms. The molecule has 6 nitrogen and oxygen atoms in total. The first-order chi connectivity index (χ1) is 17.3. The molecule has 0 aliphatic carbocycles. The van der Waals surface area contributed by atoms with Gasteiger partial charge < -0.3 is 14.7 Å². The molecule has 1 N–H and O–H groups in total. The second kappa shape index (κ2) is 12.1. The van der Waals surface area contributed by atoms with Gasteiger partial charge in [-0.15, -0.1) is 0 Å². The number of carboxylic acids is 1. The molecule has 0 aromatic heterocycles. The van der Waals surface area contributed by atoms with Crippen LogP contribution < -0.4 is 4.74 Å². The molecule has 4 rings (SSSR count). The molecule has 0 unspecified atom stereocenters. The van der Waals surface area contributed by atoms with Crippen LogP contribution in [-0.2, 0) is 11.2 Å². The van der Waals surface area contributed by atoms with Gasteiger partial charge in [-0.2, -0.15) is 5.26 Å². The molecule has 2 aromatic rings. The third-order valence-electron chi connectivity index (χ3n) is 7.52. The third-order valence-corrected chi connectivity index (χ3v) is 8.01. The predicted octanol–water partition coefficient (Wildman–Crippen LogP) is 4.91. The van der Waals surface area contributed by atoms with E-state index in [1.165, 1.54) is 12.1 Å². The Labute approximate surface area is 217 Å². The molecule has 0 radical (unpaired) electrons. The number of likely N-dealkylation sites (tertiary alicyclic amines) is 2. The number of nitriles is 1. The lowest BCUT2D eigenvalue weighted by Gasteiger charge is -2.39. The summed E-state index contributed by atoms with van der Waals surface area (Å²) >= 11 is 6.28. The van der Waals surface area contributed by atoms with Gasteiger partial charge in [-0.05, 0) is 87.9 Å². The number of rotatable bonds is 8. The van der Waals surface area contributed by atoms with E-state index in [4.69, 9.17) is 21.6 Å². The fraction of sp³-hybridized carbons (Fsp3) is 0.500. The number of carbonyl (C=O) groups is 1. The number of piperidine rings is 2. The summed E-state index contributed by atoms with van der Waals surface area (Å²) in [6, 6.07) is 11.2. The Kier molecular flexibility index (Phi) is 8.84. The molecule has 36 heavy (non-hydrogen) atoms. The van der Waals surface area contributed by atoms with Gasteiger partial charge in [-0.1, -0.05) is 23.7 Å². The molecular formula is C28H33ClFN3O3. The van der Waals surface area contributed by atoms with Crippen LogP contribution in [0.5, 0.6) is 5.75 Å². The first-order valence-electron chi connectivity index (χ1n) is 12.6. The van der Waals surface area contributed by atoms with E-state index in [-0.39, 0.29) is 11.9 Å². The van der Waals surface area contributed by atoms with Crippen molar-refractivity contribution in [3.05, 3.63) is 63.9 Å². The first kappa shape index (κ1) is 26.4. The molecule has 2 fully saturated rings. The van der Waals surface area contributed by atoms with Crippen LogP contribution in [0.2, 0.25) is 5.02 Å². The maximum absolute atomic E-state index is 13.2. The summed E-state index contributed by atoms with van der Waals surface area (Å²) < 4.78 is 19.4. The molecule has 192 valence electrons. The van der Waals surface area contributed by atoms with Gasteiger partial charge in [0.15, 0.2) is 0 Å². The lowest BCUT2D eigenvalue weighted by Crippen LogP contribution is -2.48. The van der Waals surface area contributed by atoms with E-state index < -0.39 is 12.0 Å². The summed E-state index contributed by atoms with van der Waals surface area (Å²) in [5.41, 5.74) is 2.12. The van der Waals surface area contributed by atoms with Gasteiger partial charge in [0.1, 0.15) is 29.8 Å². The number of ether oxygens (including phenoxy) is 1. The molecule has 0 bridgehead atoms. The minimum atomic E-state index is -0.821. The molecule has 2 saturated heterocycles. The molecule has 0 spiro atoms. The fourth-order valence-corrected chi connectivity index (χ4v) is 5.50. The average Bonchev–Trinajstić information content (AvgIpc) is 2.88. The van der Waals surface area contributed by atoms with Crippen molar-refractivity contribution in [2.75, 3.05) is 32.7 Å². The predicted molar refractivity (Wildman–Crippen MR) is 137 cm³/mol. The van der Waals surface area contributed by atoms with E-state index in [0.717, 1.165) is 75.3 Å². The van der Waals surface area contributed by atoms with Crippen molar-refractivity contribution < 1.29 is 19.0 Å². The SMILES string of the molecule is Cc1c(OC2CCN(CC3CCN([C@H](Cc4ccc(F)cc4)C(=O)O)CC3)CC2)ccc(C#N)c1Cl. The second-order valence-electron chi connectivity index (χ2n) is 9.94. The van der Waals surface area contributed by atoms with E-state index in [1.807, 2.05) is 13.0 Å². The zero-order valence-corrected chi connectivity index (χ0v) is 21.4. The van der Waals surface area contributed by atoms with Gasteiger partial charge >= 0.3 is 5.97 Å². The van der Waals surface area contributed by atoms with Crippen molar-refractivity contribution in [1.82, 2.24) is 9.80 Å². The highest BCUT2D eigenvalue weighted by atomic mass is 35.5. The fourth-order valence-electron chi connectivity index (χ4n) is 5.30. The number of aliphatic carboxylic acids is 1. The minimum Gasteiger partial charge on any atom is -0.490 e. The lowest BCUT2D eigenvalue weighted by molar-refractivity contribution is -0.144. The number of nitrogens with zero attached hydrogens (tertiary/aromatic N) is 3. The van der Waals surface area contributed by atoms with Crippen LogP contribution in [0.15, 0.2) is 36.4 Å². The average molecular weight is 514 g/mol. The van der Waals surface area contributed by atoms with Crippen LogP contribution >= 0.6 is 11.6 Å². The zero-order chi connectivity index (χ0) is 25.7. The van der Waals surface area contributed by atoms with Gasteiger partial charge in [-0.25, -0.2) is 4.39 Å². The van der Waals surface area contributed by atoms with Gasteiger partial charge in [0, 0.05) is 25.2 Å². The molecule has 0 saturated carbocycles. The highest BCUT2D eigenvalue weighted by Gasteiger charge is 2.31. The van der Waals surface area contributed by atoms with Gasteiger partial charge in [0.2, 0.25) is 0 Å². The zero-order valence-electron chi connectivity index (χ0n) is 20.6. The van der Waals surface area contributed by atoms with Crippen LogP contribution in [0.1, 0.15) is 42.4 Å². The largest absolute Gasteiger partial charge is 0.490 e. The smallest absolute Gasteiger partial charge is 0.321 e. The summed E-state index contributed by atoms with van der Waals surface area (Å²) in [5, 5.41) is 19.4. The molecule has 2 heterocycles. The number of hydrogen-bond acceptors (Lipinski definition) is 5. The van der Waals surface area contributed by atoms with E-state index >= 15 is 0 Å². The Morgan fingerprint density at radius 2 is 1.81 bits per heavy atom. The van der Waals surface area contributed by atoms with Crippen molar-refractivity contribution in [3.63, 3.8) is 0 Å². The summed E-state index contributed by atoms with van der Waals surface area (Å²) in [6.45, 7) is 6.38. The minimum absolute atomic E-state index is 0.133. The maximum atomic E-state index is 13.2. The van der Waals surface area contributed by atoms with E-state index in [2.05, 4.69) is 15.9 Å². The topological polar surface area (TPSA) is 76.8 Å². The monoisotopic (exact) mass is 513 g/mol. The van der Waals surface area contributed by atoms with Crippen molar-refractivity contribution in [2.45, 2.75) is 51.2 Å². The summed E-state index contributed by atoms with van der Waals surface area (Å²) in [7, 11) is 0. The Morgan fingerprint density at radius 1 is 1.14 bits per heavy atom. The van der Waals surface area contributed by atoms with Crippen LogP contribution in [0, 0.1) is 30.0 Å². The number of hydrogen-bond donors (Lipinski definition) is 1. The summed E-state index contributed by atoms with van der Waals surface area (Å²) in [5.74, 6) is 0.173. The maximum Gasteiger partial charge on any atom is 0.321 e. The van der Waals surface area contributed by atoms with Gasteiger partial charge in [-0.3, -0.25) is 9.69 Å². The van der Waals surface area contributed by atoms with Crippen molar-refractivity contribution in [3.8, 4) is 11.8 Å². The van der Waals surface area contributed by atoms with Crippen LogP contribution in [0.4, 0.5) is 4.39 Å². The Balaban J connectivity index is 1.22. The number of halogens is 2. The standard InChI is InChI=1S/C28H33ClFN3O3/c1-19-26(7-4-22(17-31)27(19)29)36-24-10-12-32(13-11-24)18-21-8-14-33(15-9-21)25(28(34)35)16-20-2-5-23(30)6-3-20/h2-7,21,24-25H,8-16,18H2,1H3,(H,34,35)/t25-/m1/s1. The quantitative estimate of drug-likeness (QED) is 0.540. The molecular weight excluding hydrogens is 481 g/mol. The Hall–Kier alpha value is -2.66. The molecule has 2 aliphatic rings. The number of carboxylic acid groups (broad SMARTS) is 1. The highest BCUT2D eigenvalue weighted by molar-refractivity contribution is 6.32. The summed E-state index contributed by atoms with van der Waals surface area (Å²) in [4.78, 5) is 16.5. The molecule has 1 atom stereocenters. The van der Waals surface area contributed by atoms with Crippen molar-refractivity contribution in [2.24, 2.45) is 5.92 Å². The molecule has 2 aliphatic heterocycles. The normalized spacial score (nSPS) is 19.1. The number of benzene rings is 2. The van der Waals surface area contributed by atoms with Gasteiger partial charge in [0.25, 0.3) is 0 Å². The first-order valence-corrected chi connectivity index (χ1v) is 13.0. The van der Waals surface area contributed by atoms with Crippen molar-refractivity contribution in [1.29, 1.82) is 5.26 Å². The molecule has 0 amide bonds. The highest BCUT2D eigenvalue weighted by Crippen LogP contribution is 2.31. The third kappa shape index (κ3) is 6.56. The lowest BCUT2D eigenvalue weighted by atomic mass is 9.93. The van der Waals surface area contributed by atoms with Crippen LogP contribution in [0.3, 0.4) is 0 Å². The van der Waals surface area contributed by atoms with E-state index in [9.17, 15) is 14.3 Å². The molecule has 2 aromatic carbocycles. The van der Waals surface area contributed by atoms with E-state index in [1.54, 1.807) is 18.2 Å². The Morgan fingerprint density at radius 3 is 2.42 bits per heavy atom. The van der Waals surface area contributed by atoms with Crippen LogP contribution in [0.25, 0.3) is 0 Å². The van der Waals surface area contributed by atoms with Crippen molar-refractivity contribution >= 4 is 17.6 Å². The second-order valence-corrected chi connectivity index (χ2v) is 10.3. The summed E-state index contributed by atoms with van der Waals surface area (Å²) in [6.07, 6.45) is 4.36. The van der Waals surface area contributed by atoms with Gasteiger partial charge in [0.05, 0.1) is 10.6 Å². The van der Waals surface area contributed by atoms with Crippen LogP contribution in [-0.4, -0.2) is 65.7 Å². The van der Waals surface area contributed by atoms with E-state index in [0.29, 0.717) is 22.9 Å². The Bertz CT molecular complexity index is 1090.